The number of benzene rings is 8. The summed E-state index contributed by atoms with van der Waals surface area (Å²) in [6.45, 7) is 0. The molecule has 0 N–H and O–H groups in total. The number of halogens is 6. The second-order valence-corrected chi connectivity index (χ2v) is 43.4. The molecule has 0 aliphatic heterocycles. The molecule has 0 atom stereocenters. The zero-order valence-electron chi connectivity index (χ0n) is 34.2. The molecule has 14 heteroatoms. The summed E-state index contributed by atoms with van der Waals surface area (Å²) in [6, 6.07) is 88.3. The maximum absolute atomic E-state index is 5.00. The van der Waals surface area contributed by atoms with E-state index in [1.807, 2.05) is 0 Å². The van der Waals surface area contributed by atoms with Crippen molar-refractivity contribution in [3.63, 3.8) is 0 Å². The van der Waals surface area contributed by atoms with E-state index in [0.29, 0.717) is 0 Å². The minimum atomic E-state index is -2.13. The van der Waals surface area contributed by atoms with Gasteiger partial charge in [0.15, 0.2) is 0 Å². The standard InChI is InChI=1S/2C25H22P2.6ClH.2Pd.Sn.Ti/c2*1-5-13-22(14-6-1)26(23-15-7-2-8-16-23)21-27(24-17-9-3-10-18-24)25-19-11-4-12-20-25;;;;;;;;;;/h2*1-20H,21H2;6*1H;;;;/q;;;;;;;;;;2*+3/p-6. The number of rotatable bonds is 12. The van der Waals surface area contributed by atoms with E-state index in [1.165, 1.54) is 54.2 Å². The maximum Gasteiger partial charge on any atom is 0.00405 e. The molecule has 0 unspecified atom stereocenters. The van der Waals surface area contributed by atoms with Gasteiger partial charge in [0.25, 0.3) is 0 Å². The van der Waals surface area contributed by atoms with E-state index in [-0.39, 0.29) is 40.8 Å². The van der Waals surface area contributed by atoms with E-state index in [2.05, 4.69) is 243 Å². The first-order valence-corrected chi connectivity index (χ1v) is 42.9. The Morgan fingerprint density at radius 3 is 0.453 bits per heavy atom. The largest absolute Gasteiger partial charge is 0.0622 e. The van der Waals surface area contributed by atoms with Crippen LogP contribution in [0.1, 0.15) is 0 Å². The monoisotopic (exact) mass is 1360 g/mol. The van der Waals surface area contributed by atoms with Crippen LogP contribution in [-0.4, -0.2) is 28.2 Å². The number of hydrogen-bond acceptors (Lipinski definition) is 0. The van der Waals surface area contributed by atoms with Crippen LogP contribution in [0.15, 0.2) is 243 Å². The van der Waals surface area contributed by atoms with Crippen molar-refractivity contribution in [2.45, 2.75) is 0 Å². The fourth-order valence-electron chi connectivity index (χ4n) is 6.40. The van der Waals surface area contributed by atoms with Crippen LogP contribution in [-0.2, 0) is 55.5 Å². The third kappa shape index (κ3) is 21.4. The minimum Gasteiger partial charge on any atom is -0.0622 e. The molecule has 0 amide bonds. The molecule has 0 nitrogen and oxygen atoms in total. The fourth-order valence-corrected chi connectivity index (χ4v) is 19.3. The van der Waals surface area contributed by atoms with Crippen LogP contribution in [0.3, 0.4) is 0 Å². The molecule has 0 spiro atoms. The average Bonchev–Trinajstić information content (AvgIpc) is 3.32. The van der Waals surface area contributed by atoms with Gasteiger partial charge in [0.05, 0.1) is 0 Å². The molecule has 0 aliphatic rings. The topological polar surface area (TPSA) is 0 Å². The summed E-state index contributed by atoms with van der Waals surface area (Å²) in [5, 5.41) is 11.7. The molecule has 334 valence electrons. The third-order valence-electron chi connectivity index (χ3n) is 9.11. The molecule has 0 saturated carbocycles. The van der Waals surface area contributed by atoms with Gasteiger partial charge in [0.1, 0.15) is 0 Å². The van der Waals surface area contributed by atoms with Crippen LogP contribution < -0.4 is 42.4 Å². The van der Waals surface area contributed by atoms with Crippen molar-refractivity contribution in [2.75, 3.05) is 11.8 Å². The van der Waals surface area contributed by atoms with Gasteiger partial charge in [-0.25, -0.2) is 0 Å². The third-order valence-corrected chi connectivity index (χ3v) is 21.0. The average molecular weight is 1360 g/mol. The second-order valence-electron chi connectivity index (χ2n) is 13.1. The predicted octanol–water partition coefficient (Wildman–Crippen LogP) is 14.2. The molecule has 0 heterocycles. The van der Waals surface area contributed by atoms with Gasteiger partial charge in [0.2, 0.25) is 0 Å². The summed E-state index contributed by atoms with van der Waals surface area (Å²) < 4.78 is 0. The first-order valence-electron chi connectivity index (χ1n) is 19.5. The van der Waals surface area contributed by atoms with Gasteiger partial charge in [0, 0.05) is 52.7 Å². The van der Waals surface area contributed by atoms with Crippen LogP contribution in [0, 0.1) is 0 Å². The van der Waals surface area contributed by atoms with Gasteiger partial charge >= 0.3 is 85.7 Å². The van der Waals surface area contributed by atoms with Gasteiger partial charge in [-0.3, -0.25) is 0 Å². The molecule has 0 aliphatic carbocycles. The molecule has 0 saturated heterocycles. The quantitative estimate of drug-likeness (QED) is 0.0845. The summed E-state index contributed by atoms with van der Waals surface area (Å²) in [6.07, 6.45) is 0. The summed E-state index contributed by atoms with van der Waals surface area (Å²) in [4.78, 5) is 0. The minimum absolute atomic E-state index is 0. The van der Waals surface area contributed by atoms with Crippen molar-refractivity contribution in [3.8, 4) is 0 Å². The van der Waals surface area contributed by atoms with E-state index < -0.39 is 62.8 Å². The van der Waals surface area contributed by atoms with E-state index >= 15 is 0 Å². The summed E-state index contributed by atoms with van der Waals surface area (Å²) >= 11 is -4.04. The Balaban J connectivity index is 0.000000284. The molecule has 64 heavy (non-hydrogen) atoms. The molecule has 1 radical (unpaired) electrons. The molecule has 0 bridgehead atoms. The van der Waals surface area contributed by atoms with Gasteiger partial charge in [-0.05, 0) is 74.1 Å². The zero-order valence-corrected chi connectivity index (χ0v) is 49.8. The number of hydrogen-bond donors (Lipinski definition) is 0. The van der Waals surface area contributed by atoms with E-state index in [9.17, 15) is 0 Å². The Kier molecular flexibility index (Phi) is 31.3. The Labute approximate surface area is 449 Å². The van der Waals surface area contributed by atoms with Crippen LogP contribution in [0.5, 0.6) is 0 Å². The molecule has 8 rings (SSSR count). The smallest absolute Gasteiger partial charge is 0.00405 e. The van der Waals surface area contributed by atoms with Gasteiger partial charge < -0.3 is 0 Å². The molecule has 0 fully saturated rings. The zero-order chi connectivity index (χ0) is 43.8. The molecule has 8 aromatic carbocycles. The van der Waals surface area contributed by atoms with Crippen LogP contribution in [0.2, 0.25) is 0 Å². The molecule has 8 aromatic rings. The maximum atomic E-state index is 5.00. The molecular weight excluding hydrogens is 1320 g/mol. The van der Waals surface area contributed by atoms with Gasteiger partial charge in [-0.15, -0.1) is 0 Å². The predicted molar refractivity (Wildman–Crippen MR) is 287 cm³/mol. The Bertz CT molecular complexity index is 1870. The van der Waals surface area contributed by atoms with E-state index in [0.717, 1.165) is 0 Å². The van der Waals surface area contributed by atoms with Crippen molar-refractivity contribution < 1.29 is 55.5 Å². The van der Waals surface area contributed by atoms with Crippen LogP contribution in [0.25, 0.3) is 0 Å². The first kappa shape index (κ1) is 58.4. The summed E-state index contributed by atoms with van der Waals surface area (Å²) in [5.41, 5.74) is 0. The Hall–Kier alpha value is 0.0577. The second kappa shape index (κ2) is 34.4. The van der Waals surface area contributed by atoms with E-state index in [4.69, 9.17) is 54.7 Å². The van der Waals surface area contributed by atoms with Crippen molar-refractivity contribution in [1.82, 2.24) is 0 Å². The summed E-state index contributed by atoms with van der Waals surface area (Å²) in [5.74, 6) is 2.35. The first-order chi connectivity index (χ1) is 30.3. The van der Waals surface area contributed by atoms with Crippen molar-refractivity contribution in [2.24, 2.45) is 0 Å². The van der Waals surface area contributed by atoms with Crippen LogP contribution >= 0.6 is 86.4 Å². The molecule has 0 aromatic heterocycles. The van der Waals surface area contributed by atoms with Crippen molar-refractivity contribution in [1.29, 1.82) is 0 Å². The van der Waals surface area contributed by atoms with Crippen molar-refractivity contribution in [3.05, 3.63) is 243 Å². The Morgan fingerprint density at radius 2 is 0.359 bits per heavy atom. The summed E-state index contributed by atoms with van der Waals surface area (Å²) in [7, 11) is 28.3. The van der Waals surface area contributed by atoms with Gasteiger partial charge in [-0.2, -0.15) is 0 Å². The normalized spacial score (nSPS) is 10.3. The SMILES string of the molecule is [Cl][Sn]([Cl])[Cl].[Cl][Ti]([Cl])[Cl].[Pd].[Pd].c1ccc(P(CP(c2ccccc2)c2ccccc2)c2ccccc2)cc1.c1ccc(P(CP(c2ccccc2)c2ccccc2)c2ccccc2)cc1. The fraction of sp³-hybridized carbons (Fsp3) is 0.0400. The van der Waals surface area contributed by atoms with Crippen molar-refractivity contribution >= 4 is 145 Å². The van der Waals surface area contributed by atoms with Gasteiger partial charge in [-0.1, -0.05) is 243 Å². The Morgan fingerprint density at radius 1 is 0.266 bits per heavy atom. The van der Waals surface area contributed by atoms with Crippen LogP contribution in [0.4, 0.5) is 0 Å². The van der Waals surface area contributed by atoms with E-state index in [1.54, 1.807) is 0 Å². The molecular formula is C50H44Cl6P4Pd2SnTi.